The Morgan fingerprint density at radius 3 is 2.25 bits per heavy atom. The fraction of sp³-hybridized carbons (Fsp3) is 0.217. The molecule has 5 nitrogen and oxygen atoms in total. The van der Waals surface area contributed by atoms with E-state index in [0.29, 0.717) is 5.69 Å². The summed E-state index contributed by atoms with van der Waals surface area (Å²) in [5, 5.41) is 3.32. The number of benzene rings is 2. The molecule has 2 heterocycles. The summed E-state index contributed by atoms with van der Waals surface area (Å²) in [7, 11) is 0. The summed E-state index contributed by atoms with van der Waals surface area (Å²) in [5.41, 5.74) is 3.65. The number of anilines is 2. The Balaban J connectivity index is 1.35. The molecule has 5 heteroatoms. The summed E-state index contributed by atoms with van der Waals surface area (Å²) in [6, 6.07) is 24.1. The molecule has 1 saturated heterocycles. The lowest BCUT2D eigenvalue weighted by molar-refractivity contribution is 0.0623. The van der Waals surface area contributed by atoms with Gasteiger partial charge in [-0.15, -0.1) is 0 Å². The van der Waals surface area contributed by atoms with Crippen molar-refractivity contribution in [1.29, 1.82) is 0 Å². The van der Waals surface area contributed by atoms with Crippen molar-refractivity contribution >= 4 is 17.3 Å². The summed E-state index contributed by atoms with van der Waals surface area (Å²) >= 11 is 0. The maximum absolute atomic E-state index is 12.9. The van der Waals surface area contributed by atoms with Gasteiger partial charge in [0.1, 0.15) is 5.69 Å². The second-order valence-corrected chi connectivity index (χ2v) is 6.97. The molecule has 142 valence electrons. The van der Waals surface area contributed by atoms with Crippen LogP contribution in [0.3, 0.4) is 0 Å². The van der Waals surface area contributed by atoms with Crippen LogP contribution in [0.1, 0.15) is 16.1 Å². The van der Waals surface area contributed by atoms with Crippen LogP contribution >= 0.6 is 0 Å². The van der Waals surface area contributed by atoms with Crippen LogP contribution in [-0.4, -0.2) is 46.9 Å². The number of aromatic nitrogens is 1. The molecule has 0 unspecified atom stereocenters. The van der Waals surface area contributed by atoms with Crippen molar-refractivity contribution in [3.63, 3.8) is 0 Å². The van der Waals surface area contributed by atoms with E-state index in [0.717, 1.165) is 44.1 Å². The van der Waals surface area contributed by atoms with Gasteiger partial charge in [0, 0.05) is 50.3 Å². The van der Waals surface area contributed by atoms with E-state index >= 15 is 0 Å². The van der Waals surface area contributed by atoms with E-state index in [1.165, 1.54) is 5.56 Å². The topological polar surface area (TPSA) is 48.5 Å². The lowest BCUT2D eigenvalue weighted by Crippen LogP contribution is -2.48. The molecule has 0 atom stereocenters. The van der Waals surface area contributed by atoms with Crippen molar-refractivity contribution in [2.75, 3.05) is 31.5 Å². The molecule has 0 saturated carbocycles. The largest absolute Gasteiger partial charge is 0.355 e. The van der Waals surface area contributed by atoms with Crippen LogP contribution in [0.25, 0.3) is 0 Å². The van der Waals surface area contributed by atoms with E-state index in [1.807, 2.05) is 53.4 Å². The number of hydrogen-bond acceptors (Lipinski definition) is 4. The summed E-state index contributed by atoms with van der Waals surface area (Å²) in [6.45, 7) is 4.14. The quantitative estimate of drug-likeness (QED) is 0.740. The second kappa shape index (κ2) is 8.67. The Kier molecular flexibility index (Phi) is 5.64. The summed E-state index contributed by atoms with van der Waals surface area (Å²) < 4.78 is 0. The third-order valence-electron chi connectivity index (χ3n) is 4.95. The van der Waals surface area contributed by atoms with Crippen LogP contribution < -0.4 is 5.32 Å². The Bertz CT molecular complexity index is 906. The molecular weight excluding hydrogens is 348 g/mol. The van der Waals surface area contributed by atoms with Gasteiger partial charge in [-0.2, -0.15) is 0 Å². The molecule has 28 heavy (non-hydrogen) atoms. The SMILES string of the molecule is O=C(c1cc(Nc2ccccc2)ccn1)N1CCN(Cc2ccccc2)CC1. The first kappa shape index (κ1) is 18.2. The van der Waals surface area contributed by atoms with Gasteiger partial charge < -0.3 is 10.2 Å². The highest BCUT2D eigenvalue weighted by molar-refractivity contribution is 5.93. The molecule has 2 aromatic carbocycles. The maximum Gasteiger partial charge on any atom is 0.272 e. The van der Waals surface area contributed by atoms with Gasteiger partial charge in [-0.1, -0.05) is 48.5 Å². The highest BCUT2D eigenvalue weighted by Gasteiger charge is 2.23. The minimum Gasteiger partial charge on any atom is -0.355 e. The van der Waals surface area contributed by atoms with Crippen molar-refractivity contribution < 1.29 is 4.79 Å². The standard InChI is InChI=1S/C23H24N4O/c28-23(22-17-21(11-12-24-22)25-20-9-5-2-6-10-20)27-15-13-26(14-16-27)18-19-7-3-1-4-8-19/h1-12,17H,13-16,18H2,(H,24,25). The van der Waals surface area contributed by atoms with Gasteiger partial charge >= 0.3 is 0 Å². The molecule has 1 aromatic heterocycles. The van der Waals surface area contributed by atoms with Crippen molar-refractivity contribution in [1.82, 2.24) is 14.8 Å². The Morgan fingerprint density at radius 2 is 1.54 bits per heavy atom. The first-order valence-electron chi connectivity index (χ1n) is 9.61. The van der Waals surface area contributed by atoms with Crippen LogP contribution in [0, 0.1) is 0 Å². The smallest absolute Gasteiger partial charge is 0.272 e. The Labute approximate surface area is 165 Å². The normalized spacial score (nSPS) is 14.6. The number of rotatable bonds is 5. The van der Waals surface area contributed by atoms with Crippen LogP contribution in [-0.2, 0) is 6.54 Å². The van der Waals surface area contributed by atoms with E-state index < -0.39 is 0 Å². The first-order valence-corrected chi connectivity index (χ1v) is 9.61. The molecule has 0 radical (unpaired) electrons. The second-order valence-electron chi connectivity index (χ2n) is 6.97. The molecule has 1 amide bonds. The van der Waals surface area contributed by atoms with E-state index in [-0.39, 0.29) is 5.91 Å². The number of para-hydroxylation sites is 1. The third-order valence-corrected chi connectivity index (χ3v) is 4.95. The van der Waals surface area contributed by atoms with Gasteiger partial charge in [0.2, 0.25) is 0 Å². The minimum atomic E-state index is -0.00364. The molecule has 0 spiro atoms. The van der Waals surface area contributed by atoms with Gasteiger partial charge in [0.15, 0.2) is 0 Å². The number of pyridine rings is 1. The van der Waals surface area contributed by atoms with Crippen molar-refractivity contribution in [2.24, 2.45) is 0 Å². The number of nitrogens with one attached hydrogen (secondary N) is 1. The van der Waals surface area contributed by atoms with Crippen LogP contribution in [0.15, 0.2) is 79.0 Å². The average Bonchev–Trinajstić information content (AvgIpc) is 2.75. The Hall–Kier alpha value is -3.18. The van der Waals surface area contributed by atoms with E-state index in [9.17, 15) is 4.79 Å². The van der Waals surface area contributed by atoms with E-state index in [4.69, 9.17) is 0 Å². The minimum absolute atomic E-state index is 0.00364. The van der Waals surface area contributed by atoms with Crippen LogP contribution in [0.5, 0.6) is 0 Å². The molecule has 0 aliphatic carbocycles. The van der Waals surface area contributed by atoms with Gasteiger partial charge in [0.25, 0.3) is 5.91 Å². The molecule has 0 bridgehead atoms. The van der Waals surface area contributed by atoms with Crippen LogP contribution in [0.4, 0.5) is 11.4 Å². The lowest BCUT2D eigenvalue weighted by Gasteiger charge is -2.34. The number of hydrogen-bond donors (Lipinski definition) is 1. The van der Waals surface area contributed by atoms with E-state index in [2.05, 4.69) is 39.5 Å². The Morgan fingerprint density at radius 1 is 0.857 bits per heavy atom. The fourth-order valence-electron chi connectivity index (χ4n) is 3.43. The number of carbonyl (C=O) groups is 1. The highest BCUT2D eigenvalue weighted by Crippen LogP contribution is 2.17. The lowest BCUT2D eigenvalue weighted by atomic mass is 10.2. The molecule has 1 aliphatic rings. The fourth-order valence-corrected chi connectivity index (χ4v) is 3.43. The maximum atomic E-state index is 12.9. The molecule has 1 N–H and O–H groups in total. The monoisotopic (exact) mass is 372 g/mol. The number of nitrogens with zero attached hydrogens (tertiary/aromatic N) is 3. The average molecular weight is 372 g/mol. The predicted molar refractivity (Wildman–Crippen MR) is 112 cm³/mol. The zero-order chi connectivity index (χ0) is 19.2. The van der Waals surface area contributed by atoms with Gasteiger partial charge in [-0.05, 0) is 29.8 Å². The van der Waals surface area contributed by atoms with E-state index in [1.54, 1.807) is 6.20 Å². The highest BCUT2D eigenvalue weighted by atomic mass is 16.2. The first-order chi connectivity index (χ1) is 13.8. The predicted octanol–water partition coefficient (Wildman–Crippen LogP) is 3.78. The van der Waals surface area contributed by atoms with Crippen molar-refractivity contribution in [3.8, 4) is 0 Å². The molecule has 4 rings (SSSR count). The summed E-state index contributed by atoms with van der Waals surface area (Å²) in [5.74, 6) is -0.00364. The summed E-state index contributed by atoms with van der Waals surface area (Å²) in [4.78, 5) is 21.5. The third kappa shape index (κ3) is 4.56. The molecule has 1 fully saturated rings. The molecule has 1 aliphatic heterocycles. The molecular formula is C23H24N4O. The number of amides is 1. The molecule has 3 aromatic rings. The number of carbonyl (C=O) groups excluding carboxylic acids is 1. The zero-order valence-corrected chi connectivity index (χ0v) is 15.8. The summed E-state index contributed by atoms with van der Waals surface area (Å²) in [6.07, 6.45) is 1.68. The van der Waals surface area contributed by atoms with Gasteiger partial charge in [-0.3, -0.25) is 14.7 Å². The zero-order valence-electron chi connectivity index (χ0n) is 15.8. The van der Waals surface area contributed by atoms with Gasteiger partial charge in [0.05, 0.1) is 0 Å². The van der Waals surface area contributed by atoms with Crippen molar-refractivity contribution in [3.05, 3.63) is 90.3 Å². The number of piperazine rings is 1. The van der Waals surface area contributed by atoms with Gasteiger partial charge in [-0.25, -0.2) is 0 Å². The van der Waals surface area contributed by atoms with Crippen molar-refractivity contribution in [2.45, 2.75) is 6.54 Å². The van der Waals surface area contributed by atoms with Crippen LogP contribution in [0.2, 0.25) is 0 Å².